The Morgan fingerprint density at radius 1 is 0.906 bits per heavy atom. The molecule has 0 unspecified atom stereocenters. The number of hydrogen-bond acceptors (Lipinski definition) is 5. The molecule has 0 aliphatic carbocycles. The van der Waals surface area contributed by atoms with Gasteiger partial charge in [-0.15, -0.1) is 0 Å². The third kappa shape index (κ3) is 5.37. The van der Waals surface area contributed by atoms with Crippen molar-refractivity contribution >= 4 is 29.2 Å². The predicted molar refractivity (Wildman–Crippen MR) is 128 cm³/mol. The maximum absolute atomic E-state index is 13.4. The predicted octanol–water partition coefficient (Wildman–Crippen LogP) is 6.13. The summed E-state index contributed by atoms with van der Waals surface area (Å²) in [4.78, 5) is 25.2. The minimum atomic E-state index is -1.07. The first kappa shape index (κ1) is 23.1. The average molecular weight is 445 g/mol. The summed E-state index contributed by atoms with van der Waals surface area (Å²) in [5.74, 6) is -0.922. The summed E-state index contributed by atoms with van der Waals surface area (Å²) in [6.45, 7) is 4.20. The summed E-state index contributed by atoms with van der Waals surface area (Å²) in [5.41, 5.74) is 2.94. The number of nitrogens with one attached hydrogen (secondary N) is 1. The molecule has 5 nitrogen and oxygen atoms in total. The minimum Gasteiger partial charge on any atom is -0.478 e. The molecular formula is C26H24N2O3S. The Hall–Kier alpha value is -3.56. The molecule has 0 amide bonds. The van der Waals surface area contributed by atoms with Gasteiger partial charge >= 0.3 is 5.97 Å². The van der Waals surface area contributed by atoms with Crippen LogP contribution in [0.4, 0.5) is 5.69 Å². The maximum atomic E-state index is 13.4. The van der Waals surface area contributed by atoms with Gasteiger partial charge in [-0.1, -0.05) is 80.6 Å². The molecule has 2 atom stereocenters. The van der Waals surface area contributed by atoms with E-state index in [0.717, 1.165) is 22.9 Å². The number of rotatable bonds is 9. The van der Waals surface area contributed by atoms with Gasteiger partial charge in [-0.2, -0.15) is 5.26 Å². The largest absolute Gasteiger partial charge is 0.478 e. The number of nitriles is 1. The number of carboxylic acid groups (broad SMARTS) is 1. The van der Waals surface area contributed by atoms with Gasteiger partial charge in [0, 0.05) is 11.3 Å². The Bertz CT molecular complexity index is 1120. The number of carbonyl (C=O) groups excluding carboxylic acids is 1. The number of hydrogen-bond donors (Lipinski definition) is 2. The van der Waals surface area contributed by atoms with Crippen LogP contribution >= 0.6 is 11.8 Å². The van der Waals surface area contributed by atoms with E-state index >= 15 is 0 Å². The molecule has 0 aromatic heterocycles. The first-order chi connectivity index (χ1) is 15.4. The Morgan fingerprint density at radius 2 is 1.50 bits per heavy atom. The number of nitrogens with zero attached hydrogens (tertiary/aromatic N) is 1. The number of aromatic carboxylic acids is 1. The highest BCUT2D eigenvalue weighted by atomic mass is 32.2. The van der Waals surface area contributed by atoms with Crippen LogP contribution in [0.15, 0.2) is 78.9 Å². The van der Waals surface area contributed by atoms with E-state index in [0.29, 0.717) is 17.2 Å². The zero-order valence-corrected chi connectivity index (χ0v) is 18.7. The van der Waals surface area contributed by atoms with E-state index in [4.69, 9.17) is 0 Å². The normalized spacial score (nSPS) is 12.6. The van der Waals surface area contributed by atoms with Crippen molar-refractivity contribution in [1.82, 2.24) is 0 Å². The zero-order chi connectivity index (χ0) is 23.1. The molecule has 0 saturated heterocycles. The third-order valence-electron chi connectivity index (χ3n) is 5.23. The van der Waals surface area contributed by atoms with Gasteiger partial charge in [0.05, 0.1) is 11.6 Å². The number of benzene rings is 3. The van der Waals surface area contributed by atoms with Crippen molar-refractivity contribution in [2.24, 2.45) is 0 Å². The monoisotopic (exact) mass is 444 g/mol. The molecule has 0 aliphatic rings. The van der Waals surface area contributed by atoms with E-state index in [1.165, 1.54) is 6.07 Å². The van der Waals surface area contributed by atoms with E-state index in [2.05, 4.69) is 24.6 Å². The summed E-state index contributed by atoms with van der Waals surface area (Å²) in [6.07, 6.45) is 0. The van der Waals surface area contributed by atoms with Crippen LogP contribution in [-0.2, 0) is 0 Å². The Kier molecular flexibility index (Phi) is 7.69. The lowest BCUT2D eigenvalue weighted by molar-refractivity contribution is 0.0697. The number of carbonyl (C=O) groups is 2. The molecule has 0 spiro atoms. The van der Waals surface area contributed by atoms with Gasteiger partial charge in [-0.25, -0.2) is 4.79 Å². The Morgan fingerprint density at radius 3 is 2.09 bits per heavy atom. The summed E-state index contributed by atoms with van der Waals surface area (Å²) in [6, 6.07) is 22.6. The topological polar surface area (TPSA) is 90.2 Å². The number of Topliss-reactive ketones (excluding diaryl/α,β-unsaturated/α-hetero) is 1. The van der Waals surface area contributed by atoms with Crippen molar-refractivity contribution in [3.63, 3.8) is 0 Å². The second-order valence-electron chi connectivity index (χ2n) is 7.65. The Labute approximate surface area is 192 Å². The number of anilines is 1. The molecular weight excluding hydrogens is 420 g/mol. The lowest BCUT2D eigenvalue weighted by Crippen LogP contribution is -2.31. The van der Waals surface area contributed by atoms with Crippen molar-refractivity contribution in [2.45, 2.75) is 31.1 Å². The van der Waals surface area contributed by atoms with E-state index < -0.39 is 17.3 Å². The molecule has 2 N–H and O–H groups in total. The average Bonchev–Trinajstić information content (AvgIpc) is 2.81. The fourth-order valence-corrected chi connectivity index (χ4v) is 4.20. The van der Waals surface area contributed by atoms with Crippen LogP contribution < -0.4 is 5.32 Å². The number of para-hydroxylation sites is 1. The van der Waals surface area contributed by atoms with Crippen molar-refractivity contribution < 1.29 is 14.7 Å². The van der Waals surface area contributed by atoms with Gasteiger partial charge < -0.3 is 10.4 Å². The van der Waals surface area contributed by atoms with Crippen LogP contribution in [0.25, 0.3) is 0 Å². The van der Waals surface area contributed by atoms with Gasteiger partial charge in [0.15, 0.2) is 5.78 Å². The molecule has 3 aromatic rings. The summed E-state index contributed by atoms with van der Waals surface area (Å²) in [7, 11) is 0. The quantitative estimate of drug-likeness (QED) is 0.305. The molecule has 3 rings (SSSR count). The SMILES string of the molecule is CC(C)c1ccc([C@H](Nc2ccccc2C(=O)O)[C@@H](SC#N)C(=O)c2ccccc2)cc1. The van der Waals surface area contributed by atoms with Gasteiger partial charge in [-0.05, 0) is 40.9 Å². The first-order valence-electron chi connectivity index (χ1n) is 10.2. The lowest BCUT2D eigenvalue weighted by Gasteiger charge is -2.27. The van der Waals surface area contributed by atoms with Crippen molar-refractivity contribution in [3.05, 3.63) is 101 Å². The van der Waals surface area contributed by atoms with Crippen LogP contribution in [0.2, 0.25) is 0 Å². The summed E-state index contributed by atoms with van der Waals surface area (Å²) >= 11 is 0.872. The van der Waals surface area contributed by atoms with Gasteiger partial charge in [-0.3, -0.25) is 4.79 Å². The molecule has 3 aromatic carbocycles. The molecule has 32 heavy (non-hydrogen) atoms. The van der Waals surface area contributed by atoms with E-state index in [1.54, 1.807) is 42.5 Å². The first-order valence-corrected chi connectivity index (χ1v) is 11.1. The molecule has 0 heterocycles. The smallest absolute Gasteiger partial charge is 0.337 e. The van der Waals surface area contributed by atoms with E-state index in [-0.39, 0.29) is 11.3 Å². The van der Waals surface area contributed by atoms with Crippen LogP contribution in [0.5, 0.6) is 0 Å². The highest BCUT2D eigenvalue weighted by Crippen LogP contribution is 2.34. The number of thioether (sulfide) groups is 1. The van der Waals surface area contributed by atoms with Crippen molar-refractivity contribution in [2.75, 3.05) is 5.32 Å². The highest BCUT2D eigenvalue weighted by Gasteiger charge is 2.32. The van der Waals surface area contributed by atoms with Crippen LogP contribution in [-0.4, -0.2) is 22.1 Å². The van der Waals surface area contributed by atoms with Crippen LogP contribution in [0.1, 0.15) is 57.7 Å². The highest BCUT2D eigenvalue weighted by molar-refractivity contribution is 8.05. The zero-order valence-electron chi connectivity index (χ0n) is 17.9. The number of carboxylic acids is 1. The molecule has 0 fully saturated rings. The molecule has 6 heteroatoms. The number of thiocyanates is 1. The standard InChI is InChI=1S/C26H24N2O3S/c1-17(2)18-12-14-19(15-13-18)23(28-22-11-7-6-10-21(22)26(30)31)25(32-16-27)24(29)20-8-4-3-5-9-20/h3-15,17,23,25,28H,1-2H3,(H,30,31)/t23-,25+/m0/s1. The third-order valence-corrected chi connectivity index (χ3v) is 6.08. The second kappa shape index (κ2) is 10.7. The fraction of sp³-hybridized carbons (Fsp3) is 0.192. The van der Waals surface area contributed by atoms with E-state index in [9.17, 15) is 20.0 Å². The molecule has 0 aliphatic heterocycles. The minimum absolute atomic E-state index is 0.101. The van der Waals surface area contributed by atoms with Crippen LogP contribution in [0, 0.1) is 10.7 Å². The van der Waals surface area contributed by atoms with E-state index in [1.807, 2.05) is 30.3 Å². The second-order valence-corrected chi connectivity index (χ2v) is 8.58. The summed E-state index contributed by atoms with van der Waals surface area (Å²) < 4.78 is 0. The fourth-order valence-electron chi connectivity index (χ4n) is 3.48. The van der Waals surface area contributed by atoms with Crippen molar-refractivity contribution in [3.8, 4) is 5.40 Å². The molecule has 0 bridgehead atoms. The Balaban J connectivity index is 2.08. The summed E-state index contributed by atoms with van der Waals surface area (Å²) in [5, 5.41) is 23.6. The lowest BCUT2D eigenvalue weighted by atomic mass is 9.94. The van der Waals surface area contributed by atoms with Gasteiger partial charge in [0.25, 0.3) is 0 Å². The molecule has 162 valence electrons. The van der Waals surface area contributed by atoms with Gasteiger partial charge in [0.1, 0.15) is 10.7 Å². The van der Waals surface area contributed by atoms with Gasteiger partial charge in [0.2, 0.25) is 0 Å². The maximum Gasteiger partial charge on any atom is 0.337 e. The van der Waals surface area contributed by atoms with Crippen molar-refractivity contribution in [1.29, 1.82) is 5.26 Å². The molecule has 0 saturated carbocycles. The van der Waals surface area contributed by atoms with Crippen LogP contribution in [0.3, 0.4) is 0 Å². The molecule has 0 radical (unpaired) electrons. The number of ketones is 1.